The van der Waals surface area contributed by atoms with Gasteiger partial charge < -0.3 is 9.80 Å². The van der Waals surface area contributed by atoms with Crippen LogP contribution in [-0.4, -0.2) is 36.3 Å². The molecule has 4 nitrogen and oxygen atoms in total. The van der Waals surface area contributed by atoms with Crippen molar-refractivity contribution in [2.24, 2.45) is 5.92 Å². The highest BCUT2D eigenvalue weighted by molar-refractivity contribution is 6.35. The van der Waals surface area contributed by atoms with Gasteiger partial charge in [0, 0.05) is 48.7 Å². The molecular formula is C17H22Cl2N2O2. The van der Waals surface area contributed by atoms with Crippen LogP contribution >= 0.6 is 23.2 Å². The van der Waals surface area contributed by atoms with Crippen molar-refractivity contribution in [3.05, 3.63) is 28.2 Å². The van der Waals surface area contributed by atoms with Crippen molar-refractivity contribution in [3.8, 4) is 0 Å². The van der Waals surface area contributed by atoms with Crippen LogP contribution in [0.4, 0.5) is 5.69 Å². The highest BCUT2D eigenvalue weighted by Crippen LogP contribution is 2.26. The maximum Gasteiger partial charge on any atom is 0.224 e. The van der Waals surface area contributed by atoms with Gasteiger partial charge in [0.2, 0.25) is 11.8 Å². The van der Waals surface area contributed by atoms with Gasteiger partial charge in [-0.2, -0.15) is 0 Å². The van der Waals surface area contributed by atoms with E-state index in [1.807, 2.05) is 4.90 Å². The Hall–Kier alpha value is -1.26. The Kier molecular flexibility index (Phi) is 6.31. The molecule has 0 aliphatic carbocycles. The van der Waals surface area contributed by atoms with Gasteiger partial charge in [-0.25, -0.2) is 0 Å². The standard InChI is InChI=1S/C17H22Cl2N2O2/c1-12-4-3-6-20(11-12)17(23)5-7-21(13(2)22)16-9-14(18)8-15(19)10-16/h8-10,12H,3-7,11H2,1-2H3. The van der Waals surface area contributed by atoms with Crippen LogP contribution in [0.15, 0.2) is 18.2 Å². The van der Waals surface area contributed by atoms with Gasteiger partial charge in [0.15, 0.2) is 0 Å². The first kappa shape index (κ1) is 18.1. The quantitative estimate of drug-likeness (QED) is 0.817. The maximum absolute atomic E-state index is 12.4. The number of amides is 2. The lowest BCUT2D eigenvalue weighted by Gasteiger charge is -2.31. The lowest BCUT2D eigenvalue weighted by Crippen LogP contribution is -2.41. The highest BCUT2D eigenvalue weighted by Gasteiger charge is 2.22. The molecule has 1 fully saturated rings. The van der Waals surface area contributed by atoms with Crippen LogP contribution in [0.3, 0.4) is 0 Å². The zero-order valence-electron chi connectivity index (χ0n) is 13.5. The second-order valence-electron chi connectivity index (χ2n) is 6.14. The Morgan fingerprint density at radius 3 is 2.48 bits per heavy atom. The number of carbonyl (C=O) groups is 2. The van der Waals surface area contributed by atoms with Crippen molar-refractivity contribution in [2.75, 3.05) is 24.5 Å². The Bertz CT molecular complexity index is 572. The third-order valence-corrected chi connectivity index (χ3v) is 4.53. The largest absolute Gasteiger partial charge is 0.342 e. The van der Waals surface area contributed by atoms with E-state index in [1.54, 1.807) is 23.1 Å². The molecular weight excluding hydrogens is 335 g/mol. The molecule has 1 aromatic carbocycles. The van der Waals surface area contributed by atoms with Crippen LogP contribution in [0.25, 0.3) is 0 Å². The third kappa shape index (κ3) is 5.11. The van der Waals surface area contributed by atoms with Crippen molar-refractivity contribution < 1.29 is 9.59 Å². The van der Waals surface area contributed by atoms with E-state index in [1.165, 1.54) is 13.3 Å². The number of carbonyl (C=O) groups excluding carboxylic acids is 2. The predicted octanol–water partition coefficient (Wildman–Crippen LogP) is 3.99. The first-order valence-electron chi connectivity index (χ1n) is 7.89. The number of hydrogen-bond acceptors (Lipinski definition) is 2. The summed E-state index contributed by atoms with van der Waals surface area (Å²) >= 11 is 12.0. The molecule has 0 saturated carbocycles. The number of anilines is 1. The summed E-state index contributed by atoms with van der Waals surface area (Å²) in [5.74, 6) is 0.502. The number of hydrogen-bond donors (Lipinski definition) is 0. The molecule has 0 N–H and O–H groups in total. The zero-order valence-corrected chi connectivity index (χ0v) is 15.0. The average molecular weight is 357 g/mol. The fourth-order valence-corrected chi connectivity index (χ4v) is 3.46. The Labute approximate surface area is 147 Å². The van der Waals surface area contributed by atoms with E-state index >= 15 is 0 Å². The van der Waals surface area contributed by atoms with Crippen LogP contribution in [0.1, 0.15) is 33.1 Å². The normalized spacial score (nSPS) is 17.9. The van der Waals surface area contributed by atoms with E-state index in [9.17, 15) is 9.59 Å². The molecule has 1 heterocycles. The van der Waals surface area contributed by atoms with E-state index in [4.69, 9.17) is 23.2 Å². The van der Waals surface area contributed by atoms with Crippen molar-refractivity contribution in [3.63, 3.8) is 0 Å². The molecule has 1 aliphatic rings. The van der Waals surface area contributed by atoms with Crippen LogP contribution in [0.2, 0.25) is 10.0 Å². The number of piperidine rings is 1. The van der Waals surface area contributed by atoms with E-state index in [0.29, 0.717) is 34.6 Å². The summed E-state index contributed by atoms with van der Waals surface area (Å²) in [5.41, 5.74) is 0.620. The van der Waals surface area contributed by atoms with Gasteiger partial charge in [0.25, 0.3) is 0 Å². The molecule has 2 rings (SSSR count). The molecule has 23 heavy (non-hydrogen) atoms. The van der Waals surface area contributed by atoms with Crippen LogP contribution in [0, 0.1) is 5.92 Å². The minimum atomic E-state index is -0.136. The summed E-state index contributed by atoms with van der Waals surface area (Å²) in [5, 5.41) is 0.935. The first-order chi connectivity index (χ1) is 10.9. The van der Waals surface area contributed by atoms with Crippen LogP contribution < -0.4 is 4.90 Å². The SMILES string of the molecule is CC(=O)N(CCC(=O)N1CCCC(C)C1)c1cc(Cl)cc(Cl)c1. The number of rotatable bonds is 4. The predicted molar refractivity (Wildman–Crippen MR) is 94.1 cm³/mol. The minimum absolute atomic E-state index is 0.0934. The van der Waals surface area contributed by atoms with Gasteiger partial charge in [0.05, 0.1) is 0 Å². The summed E-state index contributed by atoms with van der Waals surface area (Å²) < 4.78 is 0. The third-order valence-electron chi connectivity index (χ3n) is 4.10. The molecule has 0 spiro atoms. The minimum Gasteiger partial charge on any atom is -0.342 e. The zero-order chi connectivity index (χ0) is 17.0. The smallest absolute Gasteiger partial charge is 0.224 e. The molecule has 1 saturated heterocycles. The number of halogens is 2. The second-order valence-corrected chi connectivity index (χ2v) is 7.01. The molecule has 1 aromatic rings. The van der Waals surface area contributed by atoms with Gasteiger partial charge in [-0.3, -0.25) is 9.59 Å². The van der Waals surface area contributed by atoms with Gasteiger partial charge >= 0.3 is 0 Å². The number of nitrogens with zero attached hydrogens (tertiary/aromatic N) is 2. The van der Waals surface area contributed by atoms with Crippen LogP contribution in [-0.2, 0) is 9.59 Å². The lowest BCUT2D eigenvalue weighted by molar-refractivity contribution is -0.132. The van der Waals surface area contributed by atoms with E-state index in [2.05, 4.69) is 6.92 Å². The Balaban J connectivity index is 2.02. The van der Waals surface area contributed by atoms with Gasteiger partial charge in [-0.05, 0) is 37.0 Å². The van der Waals surface area contributed by atoms with Crippen molar-refractivity contribution in [1.29, 1.82) is 0 Å². The van der Waals surface area contributed by atoms with Gasteiger partial charge in [-0.1, -0.05) is 30.1 Å². The molecule has 6 heteroatoms. The summed E-state index contributed by atoms with van der Waals surface area (Å²) in [6.45, 7) is 5.58. The molecule has 0 bridgehead atoms. The summed E-state index contributed by atoms with van der Waals surface area (Å²) in [7, 11) is 0. The van der Waals surface area contributed by atoms with E-state index in [0.717, 1.165) is 19.5 Å². The number of benzene rings is 1. The monoisotopic (exact) mass is 356 g/mol. The van der Waals surface area contributed by atoms with Crippen molar-refractivity contribution in [2.45, 2.75) is 33.1 Å². The fourth-order valence-electron chi connectivity index (χ4n) is 2.94. The van der Waals surface area contributed by atoms with Crippen molar-refractivity contribution in [1.82, 2.24) is 4.90 Å². The lowest BCUT2D eigenvalue weighted by atomic mass is 10.00. The number of likely N-dealkylation sites (tertiary alicyclic amines) is 1. The fraction of sp³-hybridized carbons (Fsp3) is 0.529. The molecule has 0 radical (unpaired) electrons. The molecule has 1 atom stereocenters. The second kappa shape index (κ2) is 8.02. The molecule has 1 aliphatic heterocycles. The van der Waals surface area contributed by atoms with Crippen molar-refractivity contribution >= 4 is 40.7 Å². The van der Waals surface area contributed by atoms with Gasteiger partial charge in [-0.15, -0.1) is 0 Å². The summed E-state index contributed by atoms with van der Waals surface area (Å²) in [6.07, 6.45) is 2.52. The molecule has 2 amide bonds. The average Bonchev–Trinajstić information content (AvgIpc) is 2.46. The van der Waals surface area contributed by atoms with Gasteiger partial charge in [0.1, 0.15) is 0 Å². The topological polar surface area (TPSA) is 40.6 Å². The van der Waals surface area contributed by atoms with E-state index < -0.39 is 0 Å². The molecule has 1 unspecified atom stereocenters. The molecule has 0 aromatic heterocycles. The molecule has 126 valence electrons. The van der Waals surface area contributed by atoms with Crippen LogP contribution in [0.5, 0.6) is 0 Å². The first-order valence-corrected chi connectivity index (χ1v) is 8.64. The summed E-state index contributed by atoms with van der Waals surface area (Å²) in [6, 6.07) is 4.98. The van der Waals surface area contributed by atoms with E-state index in [-0.39, 0.29) is 11.8 Å². The summed E-state index contributed by atoms with van der Waals surface area (Å²) in [4.78, 5) is 27.7. The Morgan fingerprint density at radius 2 is 1.91 bits per heavy atom. The Morgan fingerprint density at radius 1 is 1.26 bits per heavy atom. The maximum atomic E-state index is 12.4. The highest BCUT2D eigenvalue weighted by atomic mass is 35.5.